The molecule has 0 saturated heterocycles. The summed E-state index contributed by atoms with van der Waals surface area (Å²) < 4.78 is 5.24. The molecule has 0 saturated carbocycles. The van der Waals surface area contributed by atoms with Gasteiger partial charge in [-0.15, -0.1) is 0 Å². The van der Waals surface area contributed by atoms with Crippen LogP contribution >= 0.6 is 0 Å². The van der Waals surface area contributed by atoms with Crippen LogP contribution in [0.3, 0.4) is 0 Å². The Labute approximate surface area is 117 Å². The standard InChI is InChI=1S/C16H15N3O/c1-10-15(17)12-7-6-11(20-2)9-14(12)19-16(10)13-5-3-4-8-18-13/h3-9H,1-2H3,(H2,17,19). The fourth-order valence-corrected chi connectivity index (χ4v) is 2.24. The highest BCUT2D eigenvalue weighted by Gasteiger charge is 2.12. The zero-order valence-corrected chi connectivity index (χ0v) is 11.4. The number of aromatic nitrogens is 2. The highest BCUT2D eigenvalue weighted by atomic mass is 16.5. The van der Waals surface area contributed by atoms with Gasteiger partial charge in [-0.05, 0) is 31.2 Å². The molecule has 2 aromatic heterocycles. The van der Waals surface area contributed by atoms with E-state index in [1.807, 2.05) is 43.3 Å². The van der Waals surface area contributed by atoms with Crippen molar-refractivity contribution in [2.24, 2.45) is 0 Å². The van der Waals surface area contributed by atoms with Crippen molar-refractivity contribution in [3.63, 3.8) is 0 Å². The summed E-state index contributed by atoms with van der Waals surface area (Å²) >= 11 is 0. The number of nitrogens with zero attached hydrogens (tertiary/aromatic N) is 2. The Bertz CT molecular complexity index is 770. The van der Waals surface area contributed by atoms with E-state index in [9.17, 15) is 0 Å². The van der Waals surface area contributed by atoms with Crippen LogP contribution in [0.2, 0.25) is 0 Å². The molecule has 4 heteroatoms. The number of hydrogen-bond acceptors (Lipinski definition) is 4. The van der Waals surface area contributed by atoms with Gasteiger partial charge in [-0.3, -0.25) is 4.98 Å². The fourth-order valence-electron chi connectivity index (χ4n) is 2.24. The van der Waals surface area contributed by atoms with E-state index in [1.54, 1.807) is 13.3 Å². The number of anilines is 1. The predicted molar refractivity (Wildman–Crippen MR) is 80.7 cm³/mol. The van der Waals surface area contributed by atoms with Crippen molar-refractivity contribution >= 4 is 16.6 Å². The van der Waals surface area contributed by atoms with Crippen molar-refractivity contribution in [2.75, 3.05) is 12.8 Å². The summed E-state index contributed by atoms with van der Waals surface area (Å²) in [5.41, 5.74) is 10.4. The molecule has 0 spiro atoms. The van der Waals surface area contributed by atoms with E-state index in [0.29, 0.717) is 0 Å². The molecule has 0 unspecified atom stereocenters. The first-order chi connectivity index (χ1) is 9.70. The van der Waals surface area contributed by atoms with Crippen molar-refractivity contribution in [2.45, 2.75) is 6.92 Å². The van der Waals surface area contributed by atoms with Gasteiger partial charge in [-0.1, -0.05) is 6.07 Å². The topological polar surface area (TPSA) is 61.0 Å². The minimum atomic E-state index is 0.735. The van der Waals surface area contributed by atoms with Crippen molar-refractivity contribution < 1.29 is 4.74 Å². The quantitative estimate of drug-likeness (QED) is 0.773. The second-order valence-electron chi connectivity index (χ2n) is 4.60. The first-order valence-corrected chi connectivity index (χ1v) is 6.36. The molecule has 0 fully saturated rings. The van der Waals surface area contributed by atoms with Crippen LogP contribution in [0.5, 0.6) is 5.75 Å². The third-order valence-electron chi connectivity index (χ3n) is 3.39. The number of methoxy groups -OCH3 is 1. The fraction of sp³-hybridized carbons (Fsp3) is 0.125. The number of benzene rings is 1. The Balaban J connectivity index is 2.31. The van der Waals surface area contributed by atoms with E-state index in [1.165, 1.54) is 0 Å². The molecule has 0 bridgehead atoms. The third kappa shape index (κ3) is 1.95. The molecule has 4 nitrogen and oxygen atoms in total. The lowest BCUT2D eigenvalue weighted by atomic mass is 10.0. The third-order valence-corrected chi connectivity index (χ3v) is 3.39. The summed E-state index contributed by atoms with van der Waals surface area (Å²) in [6.45, 7) is 1.97. The number of nitrogens with two attached hydrogens (primary N) is 1. The van der Waals surface area contributed by atoms with Crippen molar-refractivity contribution in [3.8, 4) is 17.1 Å². The molecule has 1 aromatic carbocycles. The maximum absolute atomic E-state index is 6.24. The zero-order valence-electron chi connectivity index (χ0n) is 11.4. The van der Waals surface area contributed by atoms with Crippen LogP contribution in [0.1, 0.15) is 5.56 Å². The maximum Gasteiger partial charge on any atom is 0.121 e. The van der Waals surface area contributed by atoms with Crippen LogP contribution in [-0.2, 0) is 0 Å². The van der Waals surface area contributed by atoms with E-state index >= 15 is 0 Å². The van der Waals surface area contributed by atoms with E-state index in [4.69, 9.17) is 15.5 Å². The SMILES string of the molecule is COc1ccc2c(N)c(C)c(-c3ccccn3)nc2c1. The molecule has 2 heterocycles. The summed E-state index contributed by atoms with van der Waals surface area (Å²) in [5.74, 6) is 0.764. The highest BCUT2D eigenvalue weighted by molar-refractivity contribution is 5.95. The van der Waals surface area contributed by atoms with Crippen LogP contribution in [0, 0.1) is 6.92 Å². The lowest BCUT2D eigenvalue weighted by Crippen LogP contribution is -1.99. The molecule has 0 atom stereocenters. The van der Waals surface area contributed by atoms with Gasteiger partial charge in [0.25, 0.3) is 0 Å². The molecular formula is C16H15N3O. The highest BCUT2D eigenvalue weighted by Crippen LogP contribution is 2.31. The largest absolute Gasteiger partial charge is 0.497 e. The molecule has 0 aliphatic rings. The number of nitrogen functional groups attached to an aromatic ring is 1. The average molecular weight is 265 g/mol. The van der Waals surface area contributed by atoms with E-state index in [0.717, 1.165) is 39.3 Å². The Kier molecular flexibility index (Phi) is 2.99. The van der Waals surface area contributed by atoms with E-state index in [-0.39, 0.29) is 0 Å². The molecule has 0 radical (unpaired) electrons. The average Bonchev–Trinajstić information content (AvgIpc) is 2.51. The molecule has 3 aromatic rings. The van der Waals surface area contributed by atoms with Crippen LogP contribution in [0.4, 0.5) is 5.69 Å². The number of pyridine rings is 2. The Morgan fingerprint density at radius 2 is 2.00 bits per heavy atom. The van der Waals surface area contributed by atoms with Crippen LogP contribution in [0.25, 0.3) is 22.3 Å². The Morgan fingerprint density at radius 3 is 2.70 bits per heavy atom. The molecule has 2 N–H and O–H groups in total. The number of ether oxygens (including phenoxy) is 1. The molecule has 100 valence electrons. The van der Waals surface area contributed by atoms with Gasteiger partial charge in [0.05, 0.1) is 24.0 Å². The molecule has 0 amide bonds. The van der Waals surface area contributed by atoms with Crippen LogP contribution in [0.15, 0.2) is 42.6 Å². The summed E-state index contributed by atoms with van der Waals surface area (Å²) in [6.07, 6.45) is 1.75. The number of fused-ring (bicyclic) bond motifs is 1. The second kappa shape index (κ2) is 4.81. The first-order valence-electron chi connectivity index (χ1n) is 6.36. The summed E-state index contributed by atoms with van der Waals surface area (Å²) in [5, 5.41) is 0.933. The molecule has 0 aliphatic carbocycles. The lowest BCUT2D eigenvalue weighted by Gasteiger charge is -2.11. The molecular weight excluding hydrogens is 250 g/mol. The van der Waals surface area contributed by atoms with Gasteiger partial charge in [0.2, 0.25) is 0 Å². The number of rotatable bonds is 2. The number of hydrogen-bond donors (Lipinski definition) is 1. The molecule has 0 aliphatic heterocycles. The van der Waals surface area contributed by atoms with Gasteiger partial charge in [-0.2, -0.15) is 0 Å². The zero-order chi connectivity index (χ0) is 14.1. The molecule has 3 rings (SSSR count). The van der Waals surface area contributed by atoms with Crippen molar-refractivity contribution in [1.82, 2.24) is 9.97 Å². The summed E-state index contributed by atoms with van der Waals surface area (Å²) in [7, 11) is 1.64. The molecule has 20 heavy (non-hydrogen) atoms. The Hall–Kier alpha value is -2.62. The van der Waals surface area contributed by atoms with Gasteiger partial charge in [0.15, 0.2) is 0 Å². The van der Waals surface area contributed by atoms with Gasteiger partial charge < -0.3 is 10.5 Å². The normalized spacial score (nSPS) is 10.7. The summed E-state index contributed by atoms with van der Waals surface area (Å²) in [4.78, 5) is 9.04. The minimum absolute atomic E-state index is 0.735. The maximum atomic E-state index is 6.24. The van der Waals surface area contributed by atoms with E-state index in [2.05, 4.69) is 4.98 Å². The van der Waals surface area contributed by atoms with Gasteiger partial charge >= 0.3 is 0 Å². The van der Waals surface area contributed by atoms with Crippen LogP contribution < -0.4 is 10.5 Å². The van der Waals surface area contributed by atoms with Crippen molar-refractivity contribution in [3.05, 3.63) is 48.2 Å². The predicted octanol–water partition coefficient (Wildman–Crippen LogP) is 3.20. The smallest absolute Gasteiger partial charge is 0.121 e. The lowest BCUT2D eigenvalue weighted by molar-refractivity contribution is 0.415. The van der Waals surface area contributed by atoms with Crippen molar-refractivity contribution in [1.29, 1.82) is 0 Å². The van der Waals surface area contributed by atoms with Gasteiger partial charge in [0, 0.05) is 28.9 Å². The monoisotopic (exact) mass is 265 g/mol. The Morgan fingerprint density at radius 1 is 1.15 bits per heavy atom. The second-order valence-corrected chi connectivity index (χ2v) is 4.60. The van der Waals surface area contributed by atoms with Crippen LogP contribution in [-0.4, -0.2) is 17.1 Å². The minimum Gasteiger partial charge on any atom is -0.497 e. The first kappa shape index (κ1) is 12.4. The summed E-state index contributed by atoms with van der Waals surface area (Å²) in [6, 6.07) is 11.5. The van der Waals surface area contributed by atoms with Gasteiger partial charge in [0.1, 0.15) is 5.75 Å². The van der Waals surface area contributed by atoms with E-state index < -0.39 is 0 Å². The van der Waals surface area contributed by atoms with Gasteiger partial charge in [-0.25, -0.2) is 4.98 Å².